The fourth-order valence-corrected chi connectivity index (χ4v) is 1.49. The molecule has 0 aliphatic carbocycles. The van der Waals surface area contributed by atoms with Crippen molar-refractivity contribution in [2.75, 3.05) is 13.2 Å². The lowest BCUT2D eigenvalue weighted by atomic mass is 10.1. The molecule has 1 radical (unpaired) electrons. The van der Waals surface area contributed by atoms with Crippen LogP contribution in [-0.4, -0.2) is 25.3 Å². The summed E-state index contributed by atoms with van der Waals surface area (Å²) in [5, 5.41) is 10.9. The highest BCUT2D eigenvalue weighted by Gasteiger charge is 2.20. The molecule has 1 aromatic carbocycles. The highest BCUT2D eigenvalue weighted by molar-refractivity contribution is 5.75. The second-order valence-electron chi connectivity index (χ2n) is 3.54. The van der Waals surface area contributed by atoms with Gasteiger partial charge >= 0.3 is 5.97 Å². The van der Waals surface area contributed by atoms with Gasteiger partial charge in [-0.1, -0.05) is 12.1 Å². The first kappa shape index (κ1) is 13.5. The monoisotopic (exact) mass is 237 g/mol. The Morgan fingerprint density at radius 3 is 2.35 bits per heavy atom. The lowest BCUT2D eigenvalue weighted by molar-refractivity contribution is -0.156. The predicted octanol–water partition coefficient (Wildman–Crippen LogP) is 2.34. The summed E-state index contributed by atoms with van der Waals surface area (Å²) in [4.78, 5) is 11.6. The Morgan fingerprint density at radius 1 is 1.18 bits per heavy atom. The lowest BCUT2D eigenvalue weighted by Gasteiger charge is -2.15. The summed E-state index contributed by atoms with van der Waals surface area (Å²) in [6.07, 6.45) is -0.176. The van der Waals surface area contributed by atoms with Crippen molar-refractivity contribution in [1.82, 2.24) is 0 Å². The minimum atomic E-state index is -0.600. The summed E-state index contributed by atoms with van der Waals surface area (Å²) in [6.45, 7) is 4.37. The van der Waals surface area contributed by atoms with Crippen LogP contribution >= 0.6 is 0 Å². The zero-order chi connectivity index (χ0) is 12.7. The number of rotatable bonds is 6. The van der Waals surface area contributed by atoms with Crippen LogP contribution in [0.4, 0.5) is 0 Å². The first-order chi connectivity index (χ1) is 8.17. The maximum Gasteiger partial charge on any atom is 0.335 e. The molecule has 0 bridgehead atoms. The molecule has 0 aromatic heterocycles. The van der Waals surface area contributed by atoms with E-state index in [-0.39, 0.29) is 11.7 Å². The normalized spacial score (nSPS) is 12.1. The number of benzene rings is 1. The summed E-state index contributed by atoms with van der Waals surface area (Å²) in [5.74, 6) is -0.404. The molecule has 0 unspecified atom stereocenters. The number of esters is 1. The van der Waals surface area contributed by atoms with Gasteiger partial charge in [0.2, 0.25) is 0 Å². The quantitative estimate of drug-likeness (QED) is 0.713. The van der Waals surface area contributed by atoms with E-state index in [1.54, 1.807) is 19.1 Å². The van der Waals surface area contributed by atoms with Crippen molar-refractivity contribution in [3.63, 3.8) is 0 Å². The Labute approximate surface area is 101 Å². The van der Waals surface area contributed by atoms with Crippen LogP contribution in [0.2, 0.25) is 0 Å². The van der Waals surface area contributed by atoms with Crippen molar-refractivity contribution in [3.8, 4) is 5.75 Å². The summed E-state index contributed by atoms with van der Waals surface area (Å²) in [6, 6.07) is 6.36. The number of hydrogen-bond acceptors (Lipinski definition) is 3. The van der Waals surface area contributed by atoms with E-state index in [4.69, 9.17) is 9.47 Å². The molecule has 0 fully saturated rings. The second kappa shape index (κ2) is 6.91. The molecule has 0 N–H and O–H groups in total. The van der Waals surface area contributed by atoms with Gasteiger partial charge < -0.3 is 9.47 Å². The number of carbonyl (C=O) groups excluding carboxylic acids is 1. The summed E-state index contributed by atoms with van der Waals surface area (Å²) in [5.41, 5.74) is 0.885. The highest BCUT2D eigenvalue weighted by Crippen LogP contribution is 2.13. The van der Waals surface area contributed by atoms with Crippen molar-refractivity contribution in [3.05, 3.63) is 29.8 Å². The topological polar surface area (TPSA) is 55.4 Å². The van der Waals surface area contributed by atoms with Crippen LogP contribution in [0.5, 0.6) is 5.75 Å². The first-order valence-electron chi connectivity index (χ1n) is 5.71. The zero-order valence-electron chi connectivity index (χ0n) is 10.1. The third-order valence-electron chi connectivity index (χ3n) is 2.26. The Kier molecular flexibility index (Phi) is 5.49. The van der Waals surface area contributed by atoms with E-state index in [1.807, 2.05) is 6.92 Å². The van der Waals surface area contributed by atoms with E-state index in [0.717, 1.165) is 5.56 Å². The molecule has 0 aliphatic rings. The third-order valence-corrected chi connectivity index (χ3v) is 2.26. The van der Waals surface area contributed by atoms with Crippen LogP contribution < -0.4 is 0 Å². The van der Waals surface area contributed by atoms with Gasteiger partial charge in [0.25, 0.3) is 0 Å². The van der Waals surface area contributed by atoms with Gasteiger partial charge in [-0.15, -0.1) is 0 Å². The first-order valence-corrected chi connectivity index (χ1v) is 5.71. The Bertz CT molecular complexity index is 345. The molecule has 0 aliphatic heterocycles. The van der Waals surface area contributed by atoms with Gasteiger partial charge in [0, 0.05) is 13.0 Å². The van der Waals surface area contributed by atoms with Crippen LogP contribution in [-0.2, 0) is 25.8 Å². The van der Waals surface area contributed by atoms with E-state index in [2.05, 4.69) is 0 Å². The number of hydrogen-bond donors (Lipinski definition) is 0. The van der Waals surface area contributed by atoms with E-state index < -0.39 is 6.10 Å². The van der Waals surface area contributed by atoms with E-state index >= 15 is 0 Å². The van der Waals surface area contributed by atoms with Crippen molar-refractivity contribution in [2.24, 2.45) is 0 Å². The SMILES string of the molecule is CCOC(=O)[C@H](Cc1ccc([O])cc1)OCC. The minimum Gasteiger partial charge on any atom is -0.464 e. The van der Waals surface area contributed by atoms with Crippen LogP contribution in [0.25, 0.3) is 0 Å². The molecule has 4 heteroatoms. The van der Waals surface area contributed by atoms with Gasteiger partial charge in [-0.25, -0.2) is 4.79 Å². The highest BCUT2D eigenvalue weighted by atomic mass is 16.6. The van der Waals surface area contributed by atoms with Gasteiger partial charge in [-0.05, 0) is 31.5 Å². The van der Waals surface area contributed by atoms with Crippen molar-refractivity contribution in [2.45, 2.75) is 26.4 Å². The average molecular weight is 237 g/mol. The van der Waals surface area contributed by atoms with Crippen molar-refractivity contribution < 1.29 is 19.4 Å². The molecule has 17 heavy (non-hydrogen) atoms. The molecule has 0 saturated heterocycles. The largest absolute Gasteiger partial charge is 0.464 e. The lowest BCUT2D eigenvalue weighted by Crippen LogP contribution is -2.28. The molecule has 93 valence electrons. The third kappa shape index (κ3) is 4.44. The fraction of sp³-hybridized carbons (Fsp3) is 0.462. The second-order valence-corrected chi connectivity index (χ2v) is 3.54. The van der Waals surface area contributed by atoms with Gasteiger partial charge in [-0.3, -0.25) is 5.11 Å². The molecule has 1 rings (SSSR count). The van der Waals surface area contributed by atoms with Crippen LogP contribution in [0.1, 0.15) is 19.4 Å². The van der Waals surface area contributed by atoms with Crippen LogP contribution in [0.3, 0.4) is 0 Å². The van der Waals surface area contributed by atoms with Gasteiger partial charge in [0.1, 0.15) is 0 Å². The van der Waals surface area contributed by atoms with Crippen molar-refractivity contribution >= 4 is 5.97 Å². The van der Waals surface area contributed by atoms with Gasteiger partial charge in [0.05, 0.1) is 6.61 Å². The smallest absolute Gasteiger partial charge is 0.335 e. The minimum absolute atomic E-state index is 0.0437. The fourth-order valence-electron chi connectivity index (χ4n) is 1.49. The van der Waals surface area contributed by atoms with E-state index in [1.165, 1.54) is 12.1 Å². The van der Waals surface area contributed by atoms with Crippen LogP contribution in [0, 0.1) is 0 Å². The van der Waals surface area contributed by atoms with Crippen LogP contribution in [0.15, 0.2) is 24.3 Å². The Hall–Kier alpha value is -1.55. The molecular weight excluding hydrogens is 220 g/mol. The van der Waals surface area contributed by atoms with Gasteiger partial charge in [-0.2, -0.15) is 0 Å². The molecule has 4 nitrogen and oxygen atoms in total. The maximum atomic E-state index is 11.6. The Balaban J connectivity index is 2.65. The predicted molar refractivity (Wildman–Crippen MR) is 62.3 cm³/mol. The molecular formula is C13H17O4. The zero-order valence-corrected chi connectivity index (χ0v) is 10.1. The van der Waals surface area contributed by atoms with E-state index in [9.17, 15) is 9.90 Å². The van der Waals surface area contributed by atoms with Gasteiger partial charge in [0.15, 0.2) is 11.9 Å². The molecule has 1 atom stereocenters. The molecule has 0 heterocycles. The molecule has 0 amide bonds. The maximum absolute atomic E-state index is 11.6. The summed E-state index contributed by atoms with van der Waals surface area (Å²) >= 11 is 0. The molecule has 0 saturated carbocycles. The standard InChI is InChI=1S/C13H17O4/c1-3-16-12(13(15)17-4-2)9-10-5-7-11(14)8-6-10/h5-8,12H,3-4,9H2,1-2H3/t12-/m0/s1. The number of carbonyl (C=O) groups is 1. The molecule has 1 aromatic rings. The Morgan fingerprint density at radius 2 is 1.82 bits per heavy atom. The van der Waals surface area contributed by atoms with Crippen molar-refractivity contribution in [1.29, 1.82) is 0 Å². The van der Waals surface area contributed by atoms with E-state index in [0.29, 0.717) is 19.6 Å². The average Bonchev–Trinajstić information content (AvgIpc) is 2.31. The summed E-state index contributed by atoms with van der Waals surface area (Å²) < 4.78 is 10.3. The molecule has 0 spiro atoms. The number of ether oxygens (including phenoxy) is 2. The summed E-state index contributed by atoms with van der Waals surface area (Å²) in [7, 11) is 0.